The zero-order chi connectivity index (χ0) is 19.4. The second-order valence-electron chi connectivity index (χ2n) is 5.09. The van der Waals surface area contributed by atoms with Gasteiger partial charge in [-0.2, -0.15) is 0 Å². The minimum Gasteiger partial charge on any atom is -0.478 e. The summed E-state index contributed by atoms with van der Waals surface area (Å²) >= 11 is 0. The molecule has 2 aromatic carbocycles. The third-order valence-corrected chi connectivity index (χ3v) is 3.53. The molecular weight excluding hydrogens is 344 g/mol. The summed E-state index contributed by atoms with van der Waals surface area (Å²) in [5.74, 6) is -6.06. The van der Waals surface area contributed by atoms with Crippen LogP contribution in [0.5, 0.6) is 0 Å². The first kappa shape index (κ1) is 18.4. The molecule has 0 spiro atoms. The standard InChI is InChI=1S/C18H12O8/c19-15(20)11-4-2-1-3-9(11)5-6-10-7-8-12(16(21)22)14(18(25)26)13(10)17(23)24/h1-8H,(H,19,20)(H,21,22)(H,23,24)(H,25,26)/b6-5+. The van der Waals surface area contributed by atoms with Crippen LogP contribution < -0.4 is 0 Å². The maximum absolute atomic E-state index is 11.5. The van der Waals surface area contributed by atoms with Crippen LogP contribution in [-0.2, 0) is 0 Å². The van der Waals surface area contributed by atoms with Crippen LogP contribution in [0.3, 0.4) is 0 Å². The zero-order valence-corrected chi connectivity index (χ0v) is 13.0. The van der Waals surface area contributed by atoms with Crippen LogP contribution in [0, 0.1) is 0 Å². The lowest BCUT2D eigenvalue weighted by atomic mass is 9.94. The van der Waals surface area contributed by atoms with Crippen molar-refractivity contribution in [3.05, 3.63) is 69.8 Å². The average Bonchev–Trinajstić information content (AvgIpc) is 2.58. The van der Waals surface area contributed by atoms with Crippen LogP contribution in [0.15, 0.2) is 36.4 Å². The van der Waals surface area contributed by atoms with Crippen molar-refractivity contribution in [2.24, 2.45) is 0 Å². The quantitative estimate of drug-likeness (QED) is 0.577. The molecule has 26 heavy (non-hydrogen) atoms. The summed E-state index contributed by atoms with van der Waals surface area (Å²) in [6, 6.07) is 8.09. The number of hydrogen-bond acceptors (Lipinski definition) is 4. The smallest absolute Gasteiger partial charge is 0.337 e. The number of carbonyl (C=O) groups is 4. The fraction of sp³-hybridized carbons (Fsp3) is 0. The number of aromatic carboxylic acids is 4. The summed E-state index contributed by atoms with van der Waals surface area (Å²) in [4.78, 5) is 45.3. The van der Waals surface area contributed by atoms with Gasteiger partial charge in [0.15, 0.2) is 0 Å². The van der Waals surface area contributed by atoms with Gasteiger partial charge < -0.3 is 20.4 Å². The van der Waals surface area contributed by atoms with Gasteiger partial charge >= 0.3 is 23.9 Å². The highest BCUT2D eigenvalue weighted by molar-refractivity contribution is 6.11. The van der Waals surface area contributed by atoms with Crippen molar-refractivity contribution < 1.29 is 39.6 Å². The first-order valence-electron chi connectivity index (χ1n) is 7.11. The van der Waals surface area contributed by atoms with Crippen LogP contribution in [0.4, 0.5) is 0 Å². The minimum atomic E-state index is -1.69. The summed E-state index contributed by atoms with van der Waals surface area (Å²) < 4.78 is 0. The number of rotatable bonds is 6. The van der Waals surface area contributed by atoms with E-state index in [1.54, 1.807) is 6.07 Å². The van der Waals surface area contributed by atoms with E-state index in [9.17, 15) is 29.4 Å². The normalized spacial score (nSPS) is 10.6. The first-order valence-corrected chi connectivity index (χ1v) is 7.11. The minimum absolute atomic E-state index is 0.0266. The molecule has 0 aliphatic rings. The predicted molar refractivity (Wildman–Crippen MR) is 89.6 cm³/mol. The molecule has 132 valence electrons. The summed E-state index contributed by atoms with van der Waals surface area (Å²) in [5, 5.41) is 36.8. The first-order chi connectivity index (χ1) is 12.2. The van der Waals surface area contributed by atoms with Crippen LogP contribution in [0.1, 0.15) is 52.6 Å². The monoisotopic (exact) mass is 356 g/mol. The lowest BCUT2D eigenvalue weighted by Crippen LogP contribution is -2.16. The molecule has 0 aliphatic carbocycles. The molecule has 8 heteroatoms. The van der Waals surface area contributed by atoms with E-state index in [0.29, 0.717) is 0 Å². The van der Waals surface area contributed by atoms with E-state index in [1.165, 1.54) is 30.4 Å². The maximum atomic E-state index is 11.5. The van der Waals surface area contributed by atoms with E-state index in [-0.39, 0.29) is 16.7 Å². The number of carboxylic acids is 4. The van der Waals surface area contributed by atoms with Gasteiger partial charge in [0, 0.05) is 0 Å². The van der Waals surface area contributed by atoms with Gasteiger partial charge in [0.25, 0.3) is 0 Å². The Kier molecular flexibility index (Phi) is 5.17. The van der Waals surface area contributed by atoms with E-state index in [0.717, 1.165) is 12.1 Å². The second-order valence-corrected chi connectivity index (χ2v) is 5.09. The zero-order valence-electron chi connectivity index (χ0n) is 13.0. The fourth-order valence-corrected chi connectivity index (χ4v) is 2.41. The van der Waals surface area contributed by atoms with Crippen molar-refractivity contribution in [1.29, 1.82) is 0 Å². The van der Waals surface area contributed by atoms with Gasteiger partial charge in [0.1, 0.15) is 0 Å². The van der Waals surface area contributed by atoms with E-state index < -0.39 is 40.6 Å². The molecular formula is C18H12O8. The summed E-state index contributed by atoms with van der Waals surface area (Å²) in [5.41, 5.74) is -2.02. The molecule has 0 amide bonds. The number of benzene rings is 2. The van der Waals surface area contributed by atoms with Crippen molar-refractivity contribution in [2.75, 3.05) is 0 Å². The van der Waals surface area contributed by atoms with Crippen LogP contribution in [0.25, 0.3) is 12.2 Å². The molecule has 4 N–H and O–H groups in total. The molecule has 0 saturated heterocycles. The Labute approximate surface area is 146 Å². The summed E-state index contributed by atoms with van der Waals surface area (Å²) in [6.45, 7) is 0. The summed E-state index contributed by atoms with van der Waals surface area (Å²) in [7, 11) is 0. The van der Waals surface area contributed by atoms with Crippen molar-refractivity contribution >= 4 is 36.0 Å². The van der Waals surface area contributed by atoms with Gasteiger partial charge in [-0.05, 0) is 23.3 Å². The predicted octanol–water partition coefficient (Wildman–Crippen LogP) is 2.65. The largest absolute Gasteiger partial charge is 0.478 e. The van der Waals surface area contributed by atoms with Crippen molar-refractivity contribution in [3.63, 3.8) is 0 Å². The molecule has 8 nitrogen and oxygen atoms in total. The van der Waals surface area contributed by atoms with Crippen LogP contribution in [0.2, 0.25) is 0 Å². The topological polar surface area (TPSA) is 149 Å². The van der Waals surface area contributed by atoms with Gasteiger partial charge in [-0.15, -0.1) is 0 Å². The number of carboxylic acid groups (broad SMARTS) is 4. The van der Waals surface area contributed by atoms with Gasteiger partial charge in [-0.25, -0.2) is 19.2 Å². The Morgan fingerprint density at radius 1 is 0.577 bits per heavy atom. The Balaban J connectivity index is 2.66. The van der Waals surface area contributed by atoms with E-state index in [1.807, 2.05) is 0 Å². The van der Waals surface area contributed by atoms with Crippen molar-refractivity contribution in [2.45, 2.75) is 0 Å². The van der Waals surface area contributed by atoms with E-state index >= 15 is 0 Å². The Morgan fingerprint density at radius 3 is 1.65 bits per heavy atom. The molecule has 0 bridgehead atoms. The average molecular weight is 356 g/mol. The van der Waals surface area contributed by atoms with E-state index in [4.69, 9.17) is 10.2 Å². The molecule has 0 radical (unpaired) electrons. The number of hydrogen-bond donors (Lipinski definition) is 4. The Hall–Kier alpha value is -3.94. The lowest BCUT2D eigenvalue weighted by molar-refractivity contribution is 0.0633. The van der Waals surface area contributed by atoms with Gasteiger partial charge in [-0.1, -0.05) is 36.4 Å². The molecule has 0 saturated carbocycles. The highest BCUT2D eigenvalue weighted by Gasteiger charge is 2.26. The molecule has 2 aromatic rings. The third-order valence-electron chi connectivity index (χ3n) is 3.53. The van der Waals surface area contributed by atoms with Crippen LogP contribution in [-0.4, -0.2) is 44.3 Å². The van der Waals surface area contributed by atoms with Gasteiger partial charge in [0.05, 0.1) is 22.3 Å². The molecule has 0 unspecified atom stereocenters. The second kappa shape index (κ2) is 7.31. The van der Waals surface area contributed by atoms with Gasteiger partial charge in [-0.3, -0.25) is 0 Å². The molecule has 0 heterocycles. The summed E-state index contributed by atoms with van der Waals surface area (Å²) in [6.07, 6.45) is 2.54. The lowest BCUT2D eigenvalue weighted by Gasteiger charge is -2.09. The van der Waals surface area contributed by atoms with Crippen LogP contribution >= 0.6 is 0 Å². The maximum Gasteiger partial charge on any atom is 0.337 e. The molecule has 0 atom stereocenters. The molecule has 0 aromatic heterocycles. The third kappa shape index (κ3) is 3.59. The fourth-order valence-electron chi connectivity index (χ4n) is 2.41. The van der Waals surface area contributed by atoms with Gasteiger partial charge in [0.2, 0.25) is 0 Å². The molecule has 2 rings (SSSR count). The van der Waals surface area contributed by atoms with Crippen molar-refractivity contribution in [1.82, 2.24) is 0 Å². The van der Waals surface area contributed by atoms with Crippen molar-refractivity contribution in [3.8, 4) is 0 Å². The highest BCUT2D eigenvalue weighted by Crippen LogP contribution is 2.23. The Morgan fingerprint density at radius 2 is 1.12 bits per heavy atom. The molecule has 0 aliphatic heterocycles. The SMILES string of the molecule is O=C(O)c1ccccc1/C=C/c1ccc(C(=O)O)c(C(=O)O)c1C(=O)O. The molecule has 0 fully saturated rings. The van der Waals surface area contributed by atoms with E-state index in [2.05, 4.69) is 0 Å². The highest BCUT2D eigenvalue weighted by atomic mass is 16.4. The Bertz CT molecular complexity index is 956.